The van der Waals surface area contributed by atoms with Gasteiger partial charge in [-0.25, -0.2) is 0 Å². The third-order valence-electron chi connectivity index (χ3n) is 11.1. The average molecular weight is 416 g/mol. The SMILES string of the molecule is [2H]C(C)(C)[C@@H](CC)CC[C@@H](C)[C@H]1CC[C@H]2[C@@H]3CC=C4C[C@@H](O)CC[C@]4(C)[C@H]3CC[C@]12C. The summed E-state index contributed by atoms with van der Waals surface area (Å²) in [5.41, 5.74) is 2.48. The van der Waals surface area contributed by atoms with E-state index in [2.05, 4.69) is 47.6 Å². The minimum atomic E-state index is -0.302. The Morgan fingerprint density at radius 2 is 1.83 bits per heavy atom. The topological polar surface area (TPSA) is 20.2 Å². The van der Waals surface area contributed by atoms with Gasteiger partial charge in [0.1, 0.15) is 0 Å². The predicted molar refractivity (Wildman–Crippen MR) is 128 cm³/mol. The maximum Gasteiger partial charge on any atom is 0.0577 e. The molecular formula is C29H50O. The molecule has 3 saturated carbocycles. The highest BCUT2D eigenvalue weighted by Gasteiger charge is 2.59. The van der Waals surface area contributed by atoms with Gasteiger partial charge in [-0.3, -0.25) is 0 Å². The Labute approximate surface area is 188 Å². The van der Waals surface area contributed by atoms with Crippen molar-refractivity contribution in [2.24, 2.45) is 52.2 Å². The fourth-order valence-electron chi connectivity index (χ4n) is 9.18. The van der Waals surface area contributed by atoms with Crippen LogP contribution in [0.15, 0.2) is 11.6 Å². The van der Waals surface area contributed by atoms with Crippen molar-refractivity contribution in [2.45, 2.75) is 118 Å². The summed E-state index contributed by atoms with van der Waals surface area (Å²) in [7, 11) is 0. The molecule has 4 rings (SSSR count). The second-order valence-electron chi connectivity index (χ2n) is 12.6. The molecule has 9 atom stereocenters. The van der Waals surface area contributed by atoms with Crippen LogP contribution >= 0.6 is 0 Å². The van der Waals surface area contributed by atoms with Gasteiger partial charge in [0, 0.05) is 1.37 Å². The number of rotatable bonds is 6. The van der Waals surface area contributed by atoms with Crippen molar-refractivity contribution in [3.63, 3.8) is 0 Å². The van der Waals surface area contributed by atoms with Crippen LogP contribution in [-0.4, -0.2) is 11.2 Å². The van der Waals surface area contributed by atoms with Crippen molar-refractivity contribution in [3.05, 3.63) is 11.6 Å². The van der Waals surface area contributed by atoms with Gasteiger partial charge in [-0.05, 0) is 110 Å². The van der Waals surface area contributed by atoms with Crippen LogP contribution in [0.25, 0.3) is 0 Å². The van der Waals surface area contributed by atoms with Crippen LogP contribution in [0.2, 0.25) is 0 Å². The van der Waals surface area contributed by atoms with E-state index in [4.69, 9.17) is 1.37 Å². The van der Waals surface area contributed by atoms with Gasteiger partial charge in [0.05, 0.1) is 6.10 Å². The van der Waals surface area contributed by atoms with Gasteiger partial charge in [-0.15, -0.1) is 0 Å². The minimum absolute atomic E-state index is 0.0953. The molecule has 4 aliphatic carbocycles. The molecule has 3 fully saturated rings. The van der Waals surface area contributed by atoms with Gasteiger partial charge < -0.3 is 5.11 Å². The van der Waals surface area contributed by atoms with Gasteiger partial charge in [0.2, 0.25) is 0 Å². The van der Waals surface area contributed by atoms with Crippen molar-refractivity contribution >= 4 is 0 Å². The number of allylic oxidation sites excluding steroid dienone is 1. The molecule has 1 heteroatoms. The molecule has 172 valence electrons. The second kappa shape index (κ2) is 8.57. The van der Waals surface area contributed by atoms with Crippen LogP contribution < -0.4 is 0 Å². The molecule has 4 aliphatic rings. The van der Waals surface area contributed by atoms with Crippen molar-refractivity contribution in [1.82, 2.24) is 0 Å². The molecule has 0 aromatic carbocycles. The van der Waals surface area contributed by atoms with E-state index >= 15 is 0 Å². The first-order chi connectivity index (χ1) is 14.5. The van der Waals surface area contributed by atoms with Crippen molar-refractivity contribution in [3.8, 4) is 0 Å². The molecular weight excluding hydrogens is 364 g/mol. The molecule has 0 amide bonds. The zero-order valence-electron chi connectivity index (χ0n) is 21.8. The van der Waals surface area contributed by atoms with Crippen LogP contribution in [0, 0.1) is 52.2 Å². The van der Waals surface area contributed by atoms with Crippen molar-refractivity contribution in [2.75, 3.05) is 0 Å². The Morgan fingerprint density at radius 3 is 2.53 bits per heavy atom. The number of hydrogen-bond acceptors (Lipinski definition) is 1. The number of aliphatic hydroxyl groups excluding tert-OH is 1. The molecule has 0 bridgehead atoms. The Hall–Kier alpha value is -0.300. The molecule has 0 radical (unpaired) electrons. The fourth-order valence-corrected chi connectivity index (χ4v) is 9.18. The van der Waals surface area contributed by atoms with Gasteiger partial charge in [-0.2, -0.15) is 0 Å². The lowest BCUT2D eigenvalue weighted by atomic mass is 9.47. The number of hydrogen-bond donors (Lipinski definition) is 1. The number of fused-ring (bicyclic) bond motifs is 5. The quantitative estimate of drug-likeness (QED) is 0.435. The predicted octanol–water partition coefficient (Wildman–Crippen LogP) is 8.02. The average Bonchev–Trinajstić information content (AvgIpc) is 3.05. The maximum atomic E-state index is 10.3. The summed E-state index contributed by atoms with van der Waals surface area (Å²) in [6.07, 6.45) is 16.3. The van der Waals surface area contributed by atoms with Crippen molar-refractivity contribution < 1.29 is 6.48 Å². The van der Waals surface area contributed by atoms with E-state index in [-0.39, 0.29) is 12.0 Å². The van der Waals surface area contributed by atoms with Gasteiger partial charge in [0.15, 0.2) is 0 Å². The van der Waals surface area contributed by atoms with E-state index in [9.17, 15) is 5.11 Å². The Balaban J connectivity index is 1.47. The summed E-state index contributed by atoms with van der Waals surface area (Å²) in [6, 6.07) is 0. The lowest BCUT2D eigenvalue weighted by molar-refractivity contribution is -0.0575. The summed E-state index contributed by atoms with van der Waals surface area (Å²) in [6.45, 7) is 14.2. The first-order valence-corrected chi connectivity index (χ1v) is 13.4. The highest BCUT2D eigenvalue weighted by molar-refractivity contribution is 5.25. The van der Waals surface area contributed by atoms with E-state index in [1.165, 1.54) is 51.4 Å². The first-order valence-electron chi connectivity index (χ1n) is 13.9. The fraction of sp³-hybridized carbons (Fsp3) is 0.931. The van der Waals surface area contributed by atoms with E-state index in [0.717, 1.165) is 48.9 Å². The third-order valence-corrected chi connectivity index (χ3v) is 11.1. The highest BCUT2D eigenvalue weighted by atomic mass is 16.3. The number of aliphatic hydroxyl groups is 1. The molecule has 1 N–H and O–H groups in total. The molecule has 0 aromatic heterocycles. The molecule has 0 saturated heterocycles. The van der Waals surface area contributed by atoms with Crippen LogP contribution in [0.1, 0.15) is 114 Å². The normalized spacial score (nSPS) is 46.2. The van der Waals surface area contributed by atoms with Crippen LogP contribution in [0.4, 0.5) is 0 Å². The van der Waals surface area contributed by atoms with Crippen LogP contribution in [0.5, 0.6) is 0 Å². The Bertz CT molecular complexity index is 677. The third kappa shape index (κ3) is 3.74. The monoisotopic (exact) mass is 415 g/mol. The largest absolute Gasteiger partial charge is 0.393 e. The molecule has 0 heterocycles. The van der Waals surface area contributed by atoms with Gasteiger partial charge in [-0.1, -0.05) is 66.0 Å². The molecule has 1 nitrogen and oxygen atoms in total. The maximum absolute atomic E-state index is 10.3. The molecule has 30 heavy (non-hydrogen) atoms. The zero-order valence-corrected chi connectivity index (χ0v) is 20.8. The standard InChI is InChI=1S/C29H50O/c1-7-21(19(2)3)9-8-20(4)25-12-13-26-24-11-10-22-18-23(30)14-16-28(22,5)27(24)15-17-29(25,26)6/h10,19-21,23-27,30H,7-9,11-18H2,1-6H3/t20-,21+,23+,24+,25-,26+,27+,28+,29-/m1/s1/i19D. The van der Waals surface area contributed by atoms with E-state index in [0.29, 0.717) is 16.7 Å². The summed E-state index contributed by atoms with van der Waals surface area (Å²) in [5, 5.41) is 10.3. The summed E-state index contributed by atoms with van der Waals surface area (Å²) in [4.78, 5) is 0. The van der Waals surface area contributed by atoms with E-state index in [1.807, 2.05) is 0 Å². The van der Waals surface area contributed by atoms with Crippen molar-refractivity contribution in [1.29, 1.82) is 0 Å². The van der Waals surface area contributed by atoms with E-state index in [1.54, 1.807) is 5.57 Å². The second-order valence-corrected chi connectivity index (χ2v) is 12.6. The summed E-state index contributed by atoms with van der Waals surface area (Å²) < 4.78 is 8.51. The minimum Gasteiger partial charge on any atom is -0.393 e. The van der Waals surface area contributed by atoms with E-state index < -0.39 is 0 Å². The summed E-state index contributed by atoms with van der Waals surface area (Å²) >= 11 is 0. The van der Waals surface area contributed by atoms with Crippen LogP contribution in [0.3, 0.4) is 0 Å². The lowest BCUT2D eigenvalue weighted by Crippen LogP contribution is -2.50. The van der Waals surface area contributed by atoms with Crippen LogP contribution in [-0.2, 0) is 0 Å². The first kappa shape index (κ1) is 21.5. The lowest BCUT2D eigenvalue weighted by Gasteiger charge is -2.58. The Morgan fingerprint density at radius 1 is 1.07 bits per heavy atom. The zero-order chi connectivity index (χ0) is 22.6. The molecule has 0 unspecified atom stereocenters. The summed E-state index contributed by atoms with van der Waals surface area (Å²) in [5.74, 6) is 4.50. The van der Waals surface area contributed by atoms with Gasteiger partial charge in [0.25, 0.3) is 0 Å². The highest BCUT2D eigenvalue weighted by Crippen LogP contribution is 2.67. The Kier molecular flexibility index (Phi) is 6.15. The molecule has 0 aromatic rings. The van der Waals surface area contributed by atoms with Gasteiger partial charge >= 0.3 is 0 Å². The molecule has 0 spiro atoms. The molecule has 0 aliphatic heterocycles. The smallest absolute Gasteiger partial charge is 0.0577 e.